The van der Waals surface area contributed by atoms with Crippen LogP contribution in [0.3, 0.4) is 0 Å². The molecule has 1 amide bonds. The molecule has 1 aromatic carbocycles. The summed E-state index contributed by atoms with van der Waals surface area (Å²) in [5, 5.41) is 3.11. The van der Waals surface area contributed by atoms with Crippen molar-refractivity contribution < 1.29 is 4.79 Å². The zero-order valence-corrected chi connectivity index (χ0v) is 12.1. The maximum atomic E-state index is 12.1. The van der Waals surface area contributed by atoms with Crippen LogP contribution in [-0.2, 0) is 11.3 Å². The normalized spacial score (nSPS) is 16.9. The van der Waals surface area contributed by atoms with Crippen molar-refractivity contribution in [3.63, 3.8) is 0 Å². The van der Waals surface area contributed by atoms with Gasteiger partial charge >= 0.3 is 0 Å². The predicted octanol–water partition coefficient (Wildman–Crippen LogP) is 3.03. The van der Waals surface area contributed by atoms with Crippen LogP contribution in [0, 0.1) is 5.92 Å². The van der Waals surface area contributed by atoms with Gasteiger partial charge in [0.1, 0.15) is 5.82 Å². The zero-order valence-electron chi connectivity index (χ0n) is 12.1. The van der Waals surface area contributed by atoms with E-state index in [1.807, 2.05) is 25.1 Å². The van der Waals surface area contributed by atoms with Crippen molar-refractivity contribution >= 4 is 16.9 Å². The third-order valence-electron chi connectivity index (χ3n) is 4.22. The van der Waals surface area contributed by atoms with Crippen LogP contribution in [0.2, 0.25) is 0 Å². The highest BCUT2D eigenvalue weighted by atomic mass is 16.2. The summed E-state index contributed by atoms with van der Waals surface area (Å²) in [6.07, 6.45) is 3.24. The molecule has 4 nitrogen and oxygen atoms in total. The Labute approximate surface area is 119 Å². The van der Waals surface area contributed by atoms with Crippen molar-refractivity contribution in [1.29, 1.82) is 0 Å². The number of nitrogens with one attached hydrogen (secondary N) is 1. The number of hydrogen-bond acceptors (Lipinski definition) is 2. The van der Waals surface area contributed by atoms with E-state index in [1.54, 1.807) is 0 Å². The van der Waals surface area contributed by atoms with Gasteiger partial charge in [-0.25, -0.2) is 4.98 Å². The number of nitrogens with zero attached hydrogens (tertiary/aromatic N) is 2. The van der Waals surface area contributed by atoms with Gasteiger partial charge in [-0.2, -0.15) is 0 Å². The molecule has 1 heterocycles. The molecule has 1 atom stereocenters. The summed E-state index contributed by atoms with van der Waals surface area (Å²) in [4.78, 5) is 16.8. The molecule has 0 aliphatic heterocycles. The van der Waals surface area contributed by atoms with E-state index in [2.05, 4.69) is 27.9 Å². The van der Waals surface area contributed by atoms with Crippen LogP contribution in [0.5, 0.6) is 0 Å². The molecule has 2 aromatic rings. The topological polar surface area (TPSA) is 46.9 Å². The molecule has 1 aliphatic carbocycles. The Hall–Kier alpha value is -1.84. The second-order valence-corrected chi connectivity index (χ2v) is 5.56. The number of carbonyl (C=O) groups excluding carboxylic acids is 1. The summed E-state index contributed by atoms with van der Waals surface area (Å²) in [6, 6.07) is 8.07. The van der Waals surface area contributed by atoms with Crippen LogP contribution in [0.25, 0.3) is 11.0 Å². The van der Waals surface area contributed by atoms with E-state index in [-0.39, 0.29) is 17.9 Å². The molecule has 1 aromatic heterocycles. The van der Waals surface area contributed by atoms with E-state index in [9.17, 15) is 4.79 Å². The van der Waals surface area contributed by atoms with Gasteiger partial charge in [0.05, 0.1) is 17.1 Å². The maximum absolute atomic E-state index is 12.1. The van der Waals surface area contributed by atoms with Crippen LogP contribution < -0.4 is 5.32 Å². The number of aromatic nitrogens is 2. The summed E-state index contributed by atoms with van der Waals surface area (Å²) >= 11 is 0. The van der Waals surface area contributed by atoms with Crippen molar-refractivity contribution in [3.8, 4) is 0 Å². The fourth-order valence-corrected chi connectivity index (χ4v) is 2.82. The van der Waals surface area contributed by atoms with Gasteiger partial charge in [0.2, 0.25) is 5.91 Å². The number of hydrogen-bond donors (Lipinski definition) is 1. The van der Waals surface area contributed by atoms with Crippen LogP contribution in [0.4, 0.5) is 0 Å². The SMILES string of the molecule is CCn1c([C@@H](C)NC(=O)C2CCC2)nc2ccccc21. The molecule has 0 unspecified atom stereocenters. The number of rotatable bonds is 4. The first kappa shape index (κ1) is 13.2. The number of imidazole rings is 1. The minimum atomic E-state index is -0.0459. The lowest BCUT2D eigenvalue weighted by atomic mass is 9.84. The molecule has 1 N–H and O–H groups in total. The molecule has 0 radical (unpaired) electrons. The molecule has 0 saturated heterocycles. The number of para-hydroxylation sites is 2. The second kappa shape index (κ2) is 5.27. The van der Waals surface area contributed by atoms with Crippen LogP contribution in [0.1, 0.15) is 45.0 Å². The molecule has 0 spiro atoms. The van der Waals surface area contributed by atoms with Gasteiger partial charge < -0.3 is 9.88 Å². The Balaban J connectivity index is 1.86. The van der Waals surface area contributed by atoms with Crippen molar-refractivity contribution in [2.24, 2.45) is 5.92 Å². The Bertz CT molecular complexity index is 628. The van der Waals surface area contributed by atoms with Crippen molar-refractivity contribution in [3.05, 3.63) is 30.1 Å². The lowest BCUT2D eigenvalue weighted by molar-refractivity contribution is -0.128. The van der Waals surface area contributed by atoms with E-state index in [0.29, 0.717) is 0 Å². The Kier molecular flexibility index (Phi) is 3.47. The minimum Gasteiger partial charge on any atom is -0.346 e. The average Bonchev–Trinajstić information content (AvgIpc) is 2.74. The highest BCUT2D eigenvalue weighted by molar-refractivity contribution is 5.80. The van der Waals surface area contributed by atoms with Gasteiger partial charge in [0.15, 0.2) is 0 Å². The van der Waals surface area contributed by atoms with Crippen LogP contribution >= 0.6 is 0 Å². The van der Waals surface area contributed by atoms with Crippen LogP contribution in [0.15, 0.2) is 24.3 Å². The van der Waals surface area contributed by atoms with Gasteiger partial charge in [-0.15, -0.1) is 0 Å². The highest BCUT2D eigenvalue weighted by Crippen LogP contribution is 2.27. The average molecular weight is 271 g/mol. The number of benzene rings is 1. The molecule has 1 saturated carbocycles. The number of amides is 1. The van der Waals surface area contributed by atoms with Crippen LogP contribution in [-0.4, -0.2) is 15.5 Å². The number of carbonyl (C=O) groups is 1. The van der Waals surface area contributed by atoms with Crippen molar-refractivity contribution in [2.75, 3.05) is 0 Å². The third-order valence-corrected chi connectivity index (χ3v) is 4.22. The molecule has 4 heteroatoms. The van der Waals surface area contributed by atoms with E-state index in [4.69, 9.17) is 0 Å². The first-order valence-corrected chi connectivity index (χ1v) is 7.46. The van der Waals surface area contributed by atoms with E-state index in [1.165, 1.54) is 6.42 Å². The fraction of sp³-hybridized carbons (Fsp3) is 0.500. The lowest BCUT2D eigenvalue weighted by Crippen LogP contribution is -2.36. The van der Waals surface area contributed by atoms with E-state index in [0.717, 1.165) is 36.2 Å². The summed E-state index contributed by atoms with van der Waals surface area (Å²) in [5.74, 6) is 1.34. The van der Waals surface area contributed by atoms with Gasteiger partial charge in [0, 0.05) is 12.5 Å². The monoisotopic (exact) mass is 271 g/mol. The van der Waals surface area contributed by atoms with E-state index < -0.39 is 0 Å². The molecule has 0 bridgehead atoms. The third kappa shape index (κ3) is 2.19. The maximum Gasteiger partial charge on any atom is 0.223 e. The van der Waals surface area contributed by atoms with Crippen molar-refractivity contribution in [2.45, 2.75) is 45.7 Å². The molecule has 1 fully saturated rings. The Morgan fingerprint density at radius 3 is 2.85 bits per heavy atom. The number of fused-ring (bicyclic) bond motifs is 1. The standard InChI is InChI=1S/C16H21N3O/c1-3-19-14-10-5-4-9-13(14)18-15(19)11(2)17-16(20)12-7-6-8-12/h4-5,9-12H,3,6-8H2,1-2H3,(H,17,20)/t11-/m1/s1. The Morgan fingerprint density at radius 2 is 2.20 bits per heavy atom. The summed E-state index contributed by atoms with van der Waals surface area (Å²) < 4.78 is 2.18. The summed E-state index contributed by atoms with van der Waals surface area (Å²) in [6.45, 7) is 4.99. The predicted molar refractivity (Wildman–Crippen MR) is 79.3 cm³/mol. The van der Waals surface area contributed by atoms with Gasteiger partial charge in [-0.1, -0.05) is 18.6 Å². The quantitative estimate of drug-likeness (QED) is 0.929. The molecular formula is C16H21N3O. The fourth-order valence-electron chi connectivity index (χ4n) is 2.82. The second-order valence-electron chi connectivity index (χ2n) is 5.56. The molecular weight excluding hydrogens is 250 g/mol. The van der Waals surface area contributed by atoms with Gasteiger partial charge in [0.25, 0.3) is 0 Å². The summed E-state index contributed by atoms with van der Waals surface area (Å²) in [7, 11) is 0. The minimum absolute atomic E-state index is 0.0459. The number of aryl methyl sites for hydroxylation is 1. The summed E-state index contributed by atoms with van der Waals surface area (Å²) in [5.41, 5.74) is 2.13. The van der Waals surface area contributed by atoms with Crippen molar-refractivity contribution in [1.82, 2.24) is 14.9 Å². The van der Waals surface area contributed by atoms with Gasteiger partial charge in [-0.05, 0) is 38.8 Å². The zero-order chi connectivity index (χ0) is 14.1. The molecule has 106 valence electrons. The molecule has 3 rings (SSSR count). The van der Waals surface area contributed by atoms with Gasteiger partial charge in [-0.3, -0.25) is 4.79 Å². The first-order chi connectivity index (χ1) is 9.70. The largest absolute Gasteiger partial charge is 0.346 e. The van der Waals surface area contributed by atoms with E-state index >= 15 is 0 Å². The molecule has 1 aliphatic rings. The first-order valence-electron chi connectivity index (χ1n) is 7.46. The highest BCUT2D eigenvalue weighted by Gasteiger charge is 2.27. The smallest absolute Gasteiger partial charge is 0.223 e. The Morgan fingerprint density at radius 1 is 1.45 bits per heavy atom. The molecule has 20 heavy (non-hydrogen) atoms. The lowest BCUT2D eigenvalue weighted by Gasteiger charge is -2.26.